The number of anilines is 1. The third-order valence-corrected chi connectivity index (χ3v) is 6.51. The van der Waals surface area contributed by atoms with Crippen LogP contribution in [0, 0.1) is 5.92 Å². The summed E-state index contributed by atoms with van der Waals surface area (Å²) >= 11 is 3.30. The van der Waals surface area contributed by atoms with Crippen LogP contribution >= 0.6 is 15.9 Å². The molecule has 0 spiro atoms. The standard InChI is InChI=1S/C19H20BrN3O4S/c20-15-6-8-16(9-7-15)22-28(26,27)17-5-1-3-13(11-17)19(25)23-10-2-4-14(12-23)18(21)24/h1,3,5-9,11,14,22H,2,4,10,12H2,(H2,21,24). The predicted molar refractivity (Wildman–Crippen MR) is 109 cm³/mol. The van der Waals surface area contributed by atoms with E-state index in [1.807, 2.05) is 0 Å². The van der Waals surface area contributed by atoms with Gasteiger partial charge in [-0.2, -0.15) is 0 Å². The number of primary amides is 1. The maximum absolute atomic E-state index is 12.8. The first-order valence-electron chi connectivity index (χ1n) is 8.73. The Morgan fingerprint density at radius 2 is 1.86 bits per heavy atom. The topological polar surface area (TPSA) is 110 Å². The number of nitrogens with zero attached hydrogens (tertiary/aromatic N) is 1. The maximum Gasteiger partial charge on any atom is 0.261 e. The van der Waals surface area contributed by atoms with Crippen molar-refractivity contribution in [3.63, 3.8) is 0 Å². The largest absolute Gasteiger partial charge is 0.369 e. The molecule has 1 fully saturated rings. The zero-order valence-corrected chi connectivity index (χ0v) is 17.4. The van der Waals surface area contributed by atoms with Gasteiger partial charge in [-0.3, -0.25) is 14.3 Å². The Morgan fingerprint density at radius 3 is 2.54 bits per heavy atom. The monoisotopic (exact) mass is 465 g/mol. The summed E-state index contributed by atoms with van der Waals surface area (Å²) in [4.78, 5) is 25.8. The van der Waals surface area contributed by atoms with E-state index in [0.717, 1.165) is 4.47 Å². The number of halogens is 1. The average Bonchev–Trinajstić information content (AvgIpc) is 2.69. The van der Waals surface area contributed by atoms with Gasteiger partial charge in [-0.25, -0.2) is 8.42 Å². The lowest BCUT2D eigenvalue weighted by Gasteiger charge is -2.31. The molecular formula is C19H20BrN3O4S. The summed E-state index contributed by atoms with van der Waals surface area (Å²) < 4.78 is 28.7. The van der Waals surface area contributed by atoms with Gasteiger partial charge in [-0.05, 0) is 55.3 Å². The average molecular weight is 466 g/mol. The SMILES string of the molecule is NC(=O)C1CCCN(C(=O)c2cccc(S(=O)(=O)Nc3ccc(Br)cc3)c2)C1. The van der Waals surface area contributed by atoms with Crippen LogP contribution in [0.5, 0.6) is 0 Å². The van der Waals surface area contributed by atoms with Gasteiger partial charge < -0.3 is 10.6 Å². The van der Waals surface area contributed by atoms with Gasteiger partial charge in [-0.15, -0.1) is 0 Å². The molecule has 1 aliphatic heterocycles. The predicted octanol–water partition coefficient (Wildman–Crippen LogP) is 2.59. The van der Waals surface area contributed by atoms with Crippen molar-refractivity contribution in [3.8, 4) is 0 Å². The summed E-state index contributed by atoms with van der Waals surface area (Å²) in [6, 6.07) is 12.6. The highest BCUT2D eigenvalue weighted by Crippen LogP contribution is 2.22. The van der Waals surface area contributed by atoms with E-state index >= 15 is 0 Å². The van der Waals surface area contributed by atoms with Gasteiger partial charge in [-0.1, -0.05) is 22.0 Å². The first-order chi connectivity index (χ1) is 13.3. The molecule has 1 heterocycles. The van der Waals surface area contributed by atoms with Crippen molar-refractivity contribution in [3.05, 3.63) is 58.6 Å². The van der Waals surface area contributed by atoms with Crippen molar-refractivity contribution in [1.29, 1.82) is 0 Å². The van der Waals surface area contributed by atoms with Crippen LogP contribution in [-0.4, -0.2) is 38.2 Å². The number of piperidine rings is 1. The van der Waals surface area contributed by atoms with Gasteiger partial charge in [0.1, 0.15) is 0 Å². The number of carbonyl (C=O) groups excluding carboxylic acids is 2. The van der Waals surface area contributed by atoms with Crippen LogP contribution in [0.4, 0.5) is 5.69 Å². The van der Waals surface area contributed by atoms with Gasteiger partial charge in [0.15, 0.2) is 0 Å². The van der Waals surface area contributed by atoms with Gasteiger partial charge >= 0.3 is 0 Å². The summed E-state index contributed by atoms with van der Waals surface area (Å²) in [5.41, 5.74) is 6.04. The molecule has 3 N–H and O–H groups in total. The Bertz CT molecular complexity index is 992. The smallest absolute Gasteiger partial charge is 0.261 e. The van der Waals surface area contributed by atoms with Crippen molar-refractivity contribution in [2.45, 2.75) is 17.7 Å². The molecule has 28 heavy (non-hydrogen) atoms. The highest BCUT2D eigenvalue weighted by atomic mass is 79.9. The third kappa shape index (κ3) is 4.71. The molecule has 3 rings (SSSR count). The second kappa shape index (κ2) is 8.32. The second-order valence-electron chi connectivity index (χ2n) is 6.63. The Labute approximate surface area is 172 Å². The molecule has 2 amide bonds. The van der Waals surface area contributed by atoms with E-state index in [9.17, 15) is 18.0 Å². The minimum Gasteiger partial charge on any atom is -0.369 e. The van der Waals surface area contributed by atoms with E-state index in [2.05, 4.69) is 20.7 Å². The number of hydrogen-bond donors (Lipinski definition) is 2. The van der Waals surface area contributed by atoms with Crippen LogP contribution in [-0.2, 0) is 14.8 Å². The molecule has 2 aromatic carbocycles. The molecule has 0 radical (unpaired) electrons. The molecule has 9 heteroatoms. The van der Waals surface area contributed by atoms with E-state index < -0.39 is 15.9 Å². The number of carbonyl (C=O) groups is 2. The van der Waals surface area contributed by atoms with E-state index in [4.69, 9.17) is 5.73 Å². The van der Waals surface area contributed by atoms with E-state index in [0.29, 0.717) is 25.1 Å². The fraction of sp³-hybridized carbons (Fsp3) is 0.263. The normalized spacial score (nSPS) is 17.2. The maximum atomic E-state index is 12.8. The summed E-state index contributed by atoms with van der Waals surface area (Å²) in [7, 11) is -3.85. The molecule has 148 valence electrons. The Hall–Kier alpha value is -2.39. The molecule has 0 saturated carbocycles. The van der Waals surface area contributed by atoms with E-state index in [1.54, 1.807) is 35.2 Å². The van der Waals surface area contributed by atoms with Gasteiger partial charge in [0, 0.05) is 28.8 Å². The molecule has 1 aliphatic rings. The molecule has 0 aromatic heterocycles. The number of amides is 2. The number of rotatable bonds is 5. The number of benzene rings is 2. The summed E-state index contributed by atoms with van der Waals surface area (Å²) in [5.74, 6) is -1.11. The van der Waals surface area contributed by atoms with Crippen molar-refractivity contribution < 1.29 is 18.0 Å². The Balaban J connectivity index is 1.80. The number of nitrogens with one attached hydrogen (secondary N) is 1. The van der Waals surface area contributed by atoms with Gasteiger partial charge in [0.2, 0.25) is 5.91 Å². The minimum absolute atomic E-state index is 0.00951. The lowest BCUT2D eigenvalue weighted by Crippen LogP contribution is -2.44. The molecule has 1 unspecified atom stereocenters. The molecule has 0 bridgehead atoms. The van der Waals surface area contributed by atoms with Crippen LogP contribution in [0.3, 0.4) is 0 Å². The summed E-state index contributed by atoms with van der Waals surface area (Å²) in [6.07, 6.45) is 1.34. The van der Waals surface area contributed by atoms with Crippen LogP contribution in [0.1, 0.15) is 23.2 Å². The number of sulfonamides is 1. The summed E-state index contributed by atoms with van der Waals surface area (Å²) in [6.45, 7) is 0.763. The molecule has 1 atom stereocenters. The van der Waals surface area contributed by atoms with E-state index in [1.165, 1.54) is 18.2 Å². The summed E-state index contributed by atoms with van der Waals surface area (Å²) in [5, 5.41) is 0. The zero-order valence-electron chi connectivity index (χ0n) is 15.0. The highest BCUT2D eigenvalue weighted by Gasteiger charge is 2.28. The highest BCUT2D eigenvalue weighted by molar-refractivity contribution is 9.10. The number of likely N-dealkylation sites (tertiary alicyclic amines) is 1. The van der Waals surface area contributed by atoms with Crippen LogP contribution in [0.25, 0.3) is 0 Å². The van der Waals surface area contributed by atoms with Crippen molar-refractivity contribution in [2.24, 2.45) is 11.7 Å². The first kappa shape index (κ1) is 20.3. The van der Waals surface area contributed by atoms with Crippen LogP contribution in [0.15, 0.2) is 57.9 Å². The Kier molecular flexibility index (Phi) is 6.04. The lowest BCUT2D eigenvalue weighted by molar-refractivity contribution is -0.123. The quantitative estimate of drug-likeness (QED) is 0.706. The fourth-order valence-electron chi connectivity index (χ4n) is 3.10. The lowest BCUT2D eigenvalue weighted by atomic mass is 9.97. The van der Waals surface area contributed by atoms with Gasteiger partial charge in [0.25, 0.3) is 15.9 Å². The van der Waals surface area contributed by atoms with Gasteiger partial charge in [0.05, 0.1) is 10.8 Å². The third-order valence-electron chi connectivity index (χ3n) is 4.60. The zero-order chi connectivity index (χ0) is 20.3. The fourth-order valence-corrected chi connectivity index (χ4v) is 4.47. The molecular weight excluding hydrogens is 446 g/mol. The Morgan fingerprint density at radius 1 is 1.14 bits per heavy atom. The van der Waals surface area contributed by atoms with Crippen LogP contribution in [0.2, 0.25) is 0 Å². The molecule has 2 aromatic rings. The minimum atomic E-state index is -3.85. The van der Waals surface area contributed by atoms with Crippen molar-refractivity contribution in [1.82, 2.24) is 4.90 Å². The second-order valence-corrected chi connectivity index (χ2v) is 9.23. The molecule has 0 aliphatic carbocycles. The van der Waals surface area contributed by atoms with E-state index in [-0.39, 0.29) is 28.8 Å². The van der Waals surface area contributed by atoms with Crippen molar-refractivity contribution in [2.75, 3.05) is 17.8 Å². The van der Waals surface area contributed by atoms with Crippen molar-refractivity contribution >= 4 is 43.5 Å². The molecule has 1 saturated heterocycles. The first-order valence-corrected chi connectivity index (χ1v) is 11.0. The number of nitrogens with two attached hydrogens (primary N) is 1. The van der Waals surface area contributed by atoms with Crippen LogP contribution < -0.4 is 10.5 Å². The molecule has 7 nitrogen and oxygen atoms in total. The number of hydrogen-bond acceptors (Lipinski definition) is 4.